The summed E-state index contributed by atoms with van der Waals surface area (Å²) < 4.78 is 1.67. The average Bonchev–Trinajstić information content (AvgIpc) is 2.81. The van der Waals surface area contributed by atoms with Crippen molar-refractivity contribution in [1.82, 2.24) is 14.6 Å². The molecule has 21 heavy (non-hydrogen) atoms. The fourth-order valence-electron chi connectivity index (χ4n) is 3.02. The van der Waals surface area contributed by atoms with Crippen LogP contribution in [0.4, 0.5) is 4.79 Å². The molecule has 0 atom stereocenters. The maximum Gasteiger partial charge on any atom is 0.427 e. The number of amides is 1. The third-order valence-corrected chi connectivity index (χ3v) is 3.88. The van der Waals surface area contributed by atoms with Crippen molar-refractivity contribution in [2.45, 2.75) is 52.0 Å². The topological polar surface area (TPSA) is 71.2 Å². The molecule has 0 bridgehead atoms. The summed E-state index contributed by atoms with van der Waals surface area (Å²) in [6.07, 6.45) is 6.49. The Labute approximate surface area is 123 Å². The smallest absolute Gasteiger partial charge is 0.427 e. The lowest BCUT2D eigenvalue weighted by molar-refractivity contribution is 0.185. The van der Waals surface area contributed by atoms with Gasteiger partial charge in [0.2, 0.25) is 0 Å². The molecule has 1 N–H and O–H groups in total. The lowest BCUT2D eigenvalue weighted by Gasteiger charge is -2.34. The van der Waals surface area contributed by atoms with E-state index in [2.05, 4.69) is 9.97 Å². The van der Waals surface area contributed by atoms with Crippen molar-refractivity contribution in [3.8, 4) is 0 Å². The lowest BCUT2D eigenvalue weighted by Crippen LogP contribution is -2.52. The van der Waals surface area contributed by atoms with Gasteiger partial charge in [-0.2, -0.15) is 0 Å². The van der Waals surface area contributed by atoms with Crippen LogP contribution in [0.1, 0.15) is 44.9 Å². The second kappa shape index (κ2) is 4.72. The predicted molar refractivity (Wildman–Crippen MR) is 80.2 cm³/mol. The predicted octanol–water partition coefficient (Wildman–Crippen LogP) is 2.72. The molecule has 1 aliphatic rings. The van der Waals surface area contributed by atoms with Crippen LogP contribution >= 0.6 is 0 Å². The number of imidazole rings is 1. The van der Waals surface area contributed by atoms with Crippen molar-refractivity contribution in [3.05, 3.63) is 23.8 Å². The monoisotopic (exact) mass is 288 g/mol. The maximum atomic E-state index is 11.7. The number of aryl methyl sites for hydroxylation is 2. The van der Waals surface area contributed by atoms with E-state index >= 15 is 0 Å². The van der Waals surface area contributed by atoms with Crippen LogP contribution in [0.3, 0.4) is 0 Å². The molecule has 6 heteroatoms. The summed E-state index contributed by atoms with van der Waals surface area (Å²) in [6, 6.07) is 0. The molecule has 2 aromatic rings. The quantitative estimate of drug-likeness (QED) is 0.875. The number of pyridine rings is 1. The maximum absolute atomic E-state index is 11.7. The van der Waals surface area contributed by atoms with Crippen molar-refractivity contribution >= 4 is 17.1 Å². The van der Waals surface area contributed by atoms with Gasteiger partial charge in [0.1, 0.15) is 11.8 Å². The van der Waals surface area contributed by atoms with Crippen LogP contribution < -0.4 is 5.01 Å². The van der Waals surface area contributed by atoms with Gasteiger partial charge in [0.15, 0.2) is 0 Å². The lowest BCUT2D eigenvalue weighted by atomic mass is 9.95. The summed E-state index contributed by atoms with van der Waals surface area (Å²) in [5, 5.41) is 10.9. The minimum atomic E-state index is -0.983. The molecule has 0 aliphatic heterocycles. The molecule has 0 saturated heterocycles. The first-order valence-electron chi connectivity index (χ1n) is 7.27. The molecule has 0 unspecified atom stereocenters. The highest BCUT2D eigenvalue weighted by molar-refractivity contribution is 5.85. The third-order valence-electron chi connectivity index (χ3n) is 3.88. The minimum absolute atomic E-state index is 0.551. The zero-order valence-corrected chi connectivity index (χ0v) is 12.6. The van der Waals surface area contributed by atoms with Crippen LogP contribution in [-0.2, 0) is 12.8 Å². The zero-order chi connectivity index (χ0) is 15.2. The first-order chi connectivity index (χ1) is 9.89. The van der Waals surface area contributed by atoms with Gasteiger partial charge >= 0.3 is 6.09 Å². The molecule has 0 spiro atoms. The summed E-state index contributed by atoms with van der Waals surface area (Å²) in [4.78, 5) is 20.5. The summed E-state index contributed by atoms with van der Waals surface area (Å²) in [7, 11) is 0. The zero-order valence-electron chi connectivity index (χ0n) is 12.6. The van der Waals surface area contributed by atoms with Gasteiger partial charge in [-0.25, -0.2) is 19.5 Å². The SMILES string of the molecule is CC(C)(C)N(C(=O)O)n1cnc2cnc3c(c21)CCCC3. The van der Waals surface area contributed by atoms with Gasteiger partial charge in [0.05, 0.1) is 17.3 Å². The summed E-state index contributed by atoms with van der Waals surface area (Å²) >= 11 is 0. The second-order valence-corrected chi connectivity index (χ2v) is 6.48. The van der Waals surface area contributed by atoms with Crippen LogP contribution in [0.25, 0.3) is 11.0 Å². The summed E-state index contributed by atoms with van der Waals surface area (Å²) in [6.45, 7) is 5.63. The fourth-order valence-corrected chi connectivity index (χ4v) is 3.02. The van der Waals surface area contributed by atoms with Gasteiger partial charge < -0.3 is 5.11 Å². The van der Waals surface area contributed by atoms with Crippen molar-refractivity contribution in [1.29, 1.82) is 0 Å². The molecule has 0 aromatic carbocycles. The number of hydrogen-bond donors (Lipinski definition) is 1. The Hall–Kier alpha value is -2.11. The highest BCUT2D eigenvalue weighted by atomic mass is 16.4. The van der Waals surface area contributed by atoms with Gasteiger partial charge in [0.25, 0.3) is 0 Å². The first-order valence-corrected chi connectivity index (χ1v) is 7.27. The van der Waals surface area contributed by atoms with E-state index in [0.29, 0.717) is 0 Å². The van der Waals surface area contributed by atoms with Crippen LogP contribution in [0.15, 0.2) is 12.5 Å². The molecule has 2 heterocycles. The number of rotatable bonds is 1. The molecule has 1 aliphatic carbocycles. The van der Waals surface area contributed by atoms with Crippen LogP contribution in [0.5, 0.6) is 0 Å². The Kier molecular flexibility index (Phi) is 3.11. The molecular formula is C15H20N4O2. The Morgan fingerprint density at radius 3 is 2.67 bits per heavy atom. The Morgan fingerprint density at radius 1 is 1.29 bits per heavy atom. The van der Waals surface area contributed by atoms with E-state index in [0.717, 1.165) is 48.0 Å². The van der Waals surface area contributed by atoms with E-state index in [4.69, 9.17) is 0 Å². The molecule has 0 saturated carbocycles. The molecule has 1 amide bonds. The van der Waals surface area contributed by atoms with Crippen molar-refractivity contribution in [3.63, 3.8) is 0 Å². The van der Waals surface area contributed by atoms with Crippen molar-refractivity contribution < 1.29 is 9.90 Å². The van der Waals surface area contributed by atoms with Gasteiger partial charge in [-0.05, 0) is 46.5 Å². The highest BCUT2D eigenvalue weighted by Crippen LogP contribution is 2.28. The van der Waals surface area contributed by atoms with Gasteiger partial charge in [-0.3, -0.25) is 4.98 Å². The first kappa shape index (κ1) is 13.9. The molecule has 112 valence electrons. The van der Waals surface area contributed by atoms with Gasteiger partial charge in [0, 0.05) is 11.3 Å². The Morgan fingerprint density at radius 2 is 2.00 bits per heavy atom. The molecule has 2 aromatic heterocycles. The molecule has 6 nitrogen and oxygen atoms in total. The summed E-state index contributed by atoms with van der Waals surface area (Å²) in [5.74, 6) is 0. The number of fused-ring (bicyclic) bond motifs is 3. The van der Waals surface area contributed by atoms with E-state index in [-0.39, 0.29) is 0 Å². The van der Waals surface area contributed by atoms with E-state index < -0.39 is 11.6 Å². The molecule has 0 fully saturated rings. The largest absolute Gasteiger partial charge is 0.464 e. The standard InChI is InChI=1S/C15H20N4O2/c1-15(2,3)19(14(20)21)18-9-17-12-8-16-11-7-5-4-6-10(11)13(12)18/h8-9H,4-7H2,1-3H3,(H,20,21). The Balaban J connectivity index is 2.25. The minimum Gasteiger partial charge on any atom is -0.464 e. The van der Waals surface area contributed by atoms with E-state index in [1.54, 1.807) is 17.2 Å². The van der Waals surface area contributed by atoms with E-state index in [9.17, 15) is 9.90 Å². The number of carboxylic acid groups (broad SMARTS) is 1. The van der Waals surface area contributed by atoms with Gasteiger partial charge in [-0.15, -0.1) is 0 Å². The molecule has 3 rings (SSSR count). The number of hydrogen-bond acceptors (Lipinski definition) is 3. The summed E-state index contributed by atoms with van der Waals surface area (Å²) in [5.41, 5.74) is 3.31. The van der Waals surface area contributed by atoms with E-state index in [1.807, 2.05) is 20.8 Å². The Bertz CT molecular complexity index is 699. The molecular weight excluding hydrogens is 268 g/mol. The average molecular weight is 288 g/mol. The number of aromatic nitrogens is 3. The van der Waals surface area contributed by atoms with Crippen LogP contribution in [0.2, 0.25) is 0 Å². The number of nitrogens with zero attached hydrogens (tertiary/aromatic N) is 4. The fraction of sp³-hybridized carbons (Fsp3) is 0.533. The van der Waals surface area contributed by atoms with E-state index in [1.165, 1.54) is 5.01 Å². The molecule has 0 radical (unpaired) electrons. The normalized spacial score (nSPS) is 15.0. The van der Waals surface area contributed by atoms with Crippen molar-refractivity contribution in [2.24, 2.45) is 0 Å². The van der Waals surface area contributed by atoms with Crippen LogP contribution in [-0.4, -0.2) is 31.4 Å². The van der Waals surface area contributed by atoms with Gasteiger partial charge in [-0.1, -0.05) is 0 Å². The van der Waals surface area contributed by atoms with Crippen molar-refractivity contribution in [2.75, 3.05) is 5.01 Å². The highest BCUT2D eigenvalue weighted by Gasteiger charge is 2.30. The number of carbonyl (C=O) groups is 1. The second-order valence-electron chi connectivity index (χ2n) is 6.48. The third kappa shape index (κ3) is 2.24. The van der Waals surface area contributed by atoms with Crippen LogP contribution in [0, 0.1) is 0 Å².